The first-order valence-corrected chi connectivity index (χ1v) is 6.94. The first-order chi connectivity index (χ1) is 9.43. The zero-order chi connectivity index (χ0) is 15.1. The molecule has 0 aliphatic rings. The van der Waals surface area contributed by atoms with Crippen molar-refractivity contribution in [1.82, 2.24) is 9.80 Å². The molecule has 1 rings (SSSR count). The Labute approximate surface area is 120 Å². The quantitative estimate of drug-likeness (QED) is 0.565. The molecule has 1 aromatic rings. The zero-order valence-corrected chi connectivity index (χ0v) is 12.6. The van der Waals surface area contributed by atoms with E-state index in [1.54, 1.807) is 12.1 Å². The average molecular weight is 280 g/mol. The van der Waals surface area contributed by atoms with E-state index >= 15 is 0 Å². The van der Waals surface area contributed by atoms with Crippen molar-refractivity contribution in [2.75, 3.05) is 33.7 Å². The summed E-state index contributed by atoms with van der Waals surface area (Å²) in [6.07, 6.45) is 1.04. The van der Waals surface area contributed by atoms with Gasteiger partial charge in [0.05, 0.1) is 0 Å². The van der Waals surface area contributed by atoms with Crippen molar-refractivity contribution in [2.45, 2.75) is 19.9 Å². The van der Waals surface area contributed by atoms with E-state index < -0.39 is 0 Å². The molecular weight excluding hydrogens is 255 g/mol. The maximum absolute atomic E-state index is 14.0. The normalized spacial score (nSPS) is 11.3. The highest BCUT2D eigenvalue weighted by Crippen LogP contribution is 2.13. The monoisotopic (exact) mass is 280 g/mol. The van der Waals surface area contributed by atoms with Crippen LogP contribution in [0.2, 0.25) is 0 Å². The zero-order valence-electron chi connectivity index (χ0n) is 12.6. The molecule has 0 amide bonds. The van der Waals surface area contributed by atoms with Gasteiger partial charge in [0.1, 0.15) is 11.7 Å². The molecule has 3 N–H and O–H groups in total. The van der Waals surface area contributed by atoms with Crippen molar-refractivity contribution in [3.05, 3.63) is 35.1 Å². The Bertz CT molecular complexity index is 445. The van der Waals surface area contributed by atoms with E-state index in [-0.39, 0.29) is 11.7 Å². The molecule has 112 valence electrons. The van der Waals surface area contributed by atoms with Crippen molar-refractivity contribution in [3.8, 4) is 0 Å². The summed E-state index contributed by atoms with van der Waals surface area (Å²) < 4.78 is 14.0. The van der Waals surface area contributed by atoms with Gasteiger partial charge in [-0.2, -0.15) is 0 Å². The molecule has 0 aliphatic heterocycles. The van der Waals surface area contributed by atoms with Crippen molar-refractivity contribution in [3.63, 3.8) is 0 Å². The molecule has 1 aromatic carbocycles. The Morgan fingerprint density at radius 2 is 1.95 bits per heavy atom. The van der Waals surface area contributed by atoms with Gasteiger partial charge < -0.3 is 10.6 Å². The smallest absolute Gasteiger partial charge is 0.128 e. The van der Waals surface area contributed by atoms with E-state index in [4.69, 9.17) is 11.1 Å². The van der Waals surface area contributed by atoms with Gasteiger partial charge in [0.2, 0.25) is 0 Å². The topological polar surface area (TPSA) is 56.4 Å². The first kappa shape index (κ1) is 16.6. The van der Waals surface area contributed by atoms with Gasteiger partial charge in [-0.15, -0.1) is 0 Å². The lowest BCUT2D eigenvalue weighted by Crippen LogP contribution is -2.32. The van der Waals surface area contributed by atoms with Crippen LogP contribution in [0, 0.1) is 11.2 Å². The highest BCUT2D eigenvalue weighted by atomic mass is 19.1. The van der Waals surface area contributed by atoms with E-state index in [0.717, 1.165) is 26.1 Å². The molecule has 0 saturated carbocycles. The summed E-state index contributed by atoms with van der Waals surface area (Å²) in [6, 6.07) is 4.77. The van der Waals surface area contributed by atoms with Crippen LogP contribution in [0.5, 0.6) is 0 Å². The lowest BCUT2D eigenvalue weighted by molar-refractivity contribution is 0.231. The van der Waals surface area contributed by atoms with Gasteiger partial charge in [-0.25, -0.2) is 4.39 Å². The fourth-order valence-electron chi connectivity index (χ4n) is 2.01. The van der Waals surface area contributed by atoms with Crippen LogP contribution >= 0.6 is 0 Å². The van der Waals surface area contributed by atoms with Crippen LogP contribution in [0.25, 0.3) is 0 Å². The minimum Gasteiger partial charge on any atom is -0.384 e. The van der Waals surface area contributed by atoms with Gasteiger partial charge in [-0.3, -0.25) is 10.3 Å². The SMILES string of the molecule is CCCN(CCN(C)C)Cc1ccc(C(=N)N)cc1F. The Morgan fingerprint density at radius 3 is 2.45 bits per heavy atom. The molecule has 0 bridgehead atoms. The summed E-state index contributed by atoms with van der Waals surface area (Å²) in [4.78, 5) is 4.36. The van der Waals surface area contributed by atoms with E-state index in [1.807, 2.05) is 14.1 Å². The number of hydrogen-bond donors (Lipinski definition) is 2. The third kappa shape index (κ3) is 5.27. The van der Waals surface area contributed by atoms with Crippen molar-refractivity contribution in [2.24, 2.45) is 5.73 Å². The van der Waals surface area contributed by atoms with Gasteiger partial charge >= 0.3 is 0 Å². The second kappa shape index (κ2) is 7.97. The van der Waals surface area contributed by atoms with Gasteiger partial charge in [-0.1, -0.05) is 19.1 Å². The van der Waals surface area contributed by atoms with Gasteiger partial charge in [0, 0.05) is 30.8 Å². The molecule has 0 unspecified atom stereocenters. The number of nitrogens with zero attached hydrogens (tertiary/aromatic N) is 2. The van der Waals surface area contributed by atoms with Crippen LogP contribution in [0.15, 0.2) is 18.2 Å². The van der Waals surface area contributed by atoms with Gasteiger partial charge in [0.15, 0.2) is 0 Å². The third-order valence-corrected chi connectivity index (χ3v) is 3.16. The number of nitrogens with two attached hydrogens (primary N) is 1. The minimum atomic E-state index is -0.288. The molecule has 0 aromatic heterocycles. The van der Waals surface area contributed by atoms with Crippen molar-refractivity contribution in [1.29, 1.82) is 5.41 Å². The average Bonchev–Trinajstić information content (AvgIpc) is 2.38. The molecule has 4 nitrogen and oxygen atoms in total. The Balaban J connectivity index is 2.74. The molecule has 0 saturated heterocycles. The lowest BCUT2D eigenvalue weighted by atomic mass is 10.1. The molecule has 0 radical (unpaired) electrons. The van der Waals surface area contributed by atoms with E-state index in [2.05, 4.69) is 16.7 Å². The van der Waals surface area contributed by atoms with Crippen LogP contribution in [0.3, 0.4) is 0 Å². The molecule has 0 fully saturated rings. The number of amidine groups is 1. The largest absolute Gasteiger partial charge is 0.384 e. The second-order valence-corrected chi connectivity index (χ2v) is 5.30. The highest BCUT2D eigenvalue weighted by Gasteiger charge is 2.10. The molecule has 20 heavy (non-hydrogen) atoms. The van der Waals surface area contributed by atoms with E-state index in [9.17, 15) is 4.39 Å². The van der Waals surface area contributed by atoms with E-state index in [0.29, 0.717) is 17.7 Å². The van der Waals surface area contributed by atoms with Crippen molar-refractivity contribution < 1.29 is 4.39 Å². The predicted octanol–water partition coefficient (Wildman–Crippen LogP) is 1.88. The number of likely N-dealkylation sites (N-methyl/N-ethyl adjacent to an activating group) is 1. The first-order valence-electron chi connectivity index (χ1n) is 6.94. The highest BCUT2D eigenvalue weighted by molar-refractivity contribution is 5.94. The van der Waals surface area contributed by atoms with Gasteiger partial charge in [-0.05, 0) is 33.1 Å². The molecule has 0 heterocycles. The molecule has 0 atom stereocenters. The van der Waals surface area contributed by atoms with Gasteiger partial charge in [0.25, 0.3) is 0 Å². The summed E-state index contributed by atoms with van der Waals surface area (Å²) in [7, 11) is 4.07. The maximum atomic E-state index is 14.0. The summed E-state index contributed by atoms with van der Waals surface area (Å²) in [6.45, 7) is 5.52. The predicted molar refractivity (Wildman–Crippen MR) is 81.5 cm³/mol. The summed E-state index contributed by atoms with van der Waals surface area (Å²) in [5.74, 6) is -0.392. The van der Waals surface area contributed by atoms with Crippen molar-refractivity contribution >= 4 is 5.84 Å². The maximum Gasteiger partial charge on any atom is 0.128 e. The van der Waals surface area contributed by atoms with E-state index in [1.165, 1.54) is 6.07 Å². The number of halogens is 1. The number of nitrogen functional groups attached to an aromatic ring is 1. The number of hydrogen-bond acceptors (Lipinski definition) is 3. The Morgan fingerprint density at radius 1 is 1.25 bits per heavy atom. The fraction of sp³-hybridized carbons (Fsp3) is 0.533. The van der Waals surface area contributed by atoms with Crippen LogP contribution in [0.4, 0.5) is 4.39 Å². The van der Waals surface area contributed by atoms with Crippen LogP contribution in [-0.4, -0.2) is 49.4 Å². The third-order valence-electron chi connectivity index (χ3n) is 3.16. The second-order valence-electron chi connectivity index (χ2n) is 5.30. The summed E-state index contributed by atoms with van der Waals surface area (Å²) in [5, 5.41) is 7.32. The fourth-order valence-corrected chi connectivity index (χ4v) is 2.01. The lowest BCUT2D eigenvalue weighted by Gasteiger charge is -2.24. The van der Waals surface area contributed by atoms with Crippen LogP contribution < -0.4 is 5.73 Å². The minimum absolute atomic E-state index is 0.103. The molecule has 0 spiro atoms. The molecule has 5 heteroatoms. The molecular formula is C15H25FN4. The number of nitrogens with one attached hydrogen (secondary N) is 1. The number of benzene rings is 1. The summed E-state index contributed by atoms with van der Waals surface area (Å²) in [5.41, 5.74) is 6.45. The molecule has 0 aliphatic carbocycles. The number of rotatable bonds is 8. The Kier molecular flexibility index (Phi) is 6.61. The Hall–Kier alpha value is -1.46. The standard InChI is InChI=1S/C15H25FN4/c1-4-7-20(9-8-19(2)3)11-13-6-5-12(15(17)18)10-14(13)16/h5-6,10H,4,7-9,11H2,1-3H3,(H3,17,18). The van der Waals surface area contributed by atoms with Crippen LogP contribution in [0.1, 0.15) is 24.5 Å². The van der Waals surface area contributed by atoms with Crippen LogP contribution in [-0.2, 0) is 6.54 Å². The summed E-state index contributed by atoms with van der Waals surface area (Å²) >= 11 is 0.